The monoisotopic (exact) mass is 532 g/mol. The van der Waals surface area contributed by atoms with Gasteiger partial charge in [0, 0.05) is 40.4 Å². The zero-order valence-corrected chi connectivity index (χ0v) is 23.5. The molecule has 0 saturated heterocycles. The maximum atomic E-state index is 13.9. The van der Waals surface area contributed by atoms with Crippen molar-refractivity contribution >= 4 is 17.0 Å². The van der Waals surface area contributed by atoms with Crippen LogP contribution in [0.3, 0.4) is 0 Å². The van der Waals surface area contributed by atoms with Crippen LogP contribution < -0.4 is 4.74 Å². The minimum atomic E-state index is -1.20. The molecule has 0 fully saturated rings. The Labute approximate surface area is 229 Å². The zero-order valence-electron chi connectivity index (χ0n) is 23.5. The fourth-order valence-electron chi connectivity index (χ4n) is 5.94. The van der Waals surface area contributed by atoms with E-state index in [0.717, 1.165) is 46.3 Å². The first-order valence-electron chi connectivity index (χ1n) is 13.7. The lowest BCUT2D eigenvalue weighted by atomic mass is 9.84. The molecule has 1 N–H and O–H groups in total. The molecule has 0 bridgehead atoms. The molecule has 1 aliphatic heterocycles. The number of carbonyl (C=O) groups is 1. The predicted octanol–water partition coefficient (Wildman–Crippen LogP) is 7.51. The highest BCUT2D eigenvalue weighted by atomic mass is 19.1. The van der Waals surface area contributed by atoms with E-state index in [1.807, 2.05) is 65.1 Å². The van der Waals surface area contributed by atoms with Crippen LogP contribution in [0.25, 0.3) is 22.2 Å². The Bertz CT molecular complexity index is 1480. The first kappa shape index (κ1) is 27.1. The highest BCUT2D eigenvalue weighted by Crippen LogP contribution is 2.43. The van der Waals surface area contributed by atoms with Crippen LogP contribution in [0.2, 0.25) is 0 Å². The second kappa shape index (κ2) is 10.3. The molecule has 2 aromatic heterocycles. The van der Waals surface area contributed by atoms with E-state index < -0.39 is 17.7 Å². The summed E-state index contributed by atoms with van der Waals surface area (Å²) in [7, 11) is 0. The predicted molar refractivity (Wildman–Crippen MR) is 151 cm³/mol. The summed E-state index contributed by atoms with van der Waals surface area (Å²) < 4.78 is 28.0. The van der Waals surface area contributed by atoms with E-state index in [1.165, 1.54) is 6.08 Å². The minimum Gasteiger partial charge on any atom is -0.493 e. The third kappa shape index (κ3) is 5.24. The molecule has 3 aromatic rings. The maximum absolute atomic E-state index is 13.9. The number of ether oxygens (including phenoxy) is 2. The van der Waals surface area contributed by atoms with Crippen molar-refractivity contribution in [2.24, 2.45) is 11.8 Å². The van der Waals surface area contributed by atoms with Crippen LogP contribution in [-0.2, 0) is 16.0 Å². The molecule has 0 amide bonds. The SMILES string of the molecule is Cc1nc2c(ccn2[C@@H](C)C2C=CC(F)=CC2C)c(-c2ccc3c(c2)CCCO3)c1[C@@H](OC(C)(C)C)C(=O)O. The standard InChI is InChI=1S/C32H37FN2O4/c1-18-16-23(33)10-11-24(18)20(3)35-14-13-25-28(22-9-12-26-21(17-22)8-7-15-38-26)27(19(2)34-30(25)35)29(31(36)37)39-32(4,5)6/h9-14,16-18,20,24,29H,7-8,15H2,1-6H3,(H,36,37)/t18?,20-,24?,29+/m0/s1. The highest BCUT2D eigenvalue weighted by Gasteiger charge is 2.34. The lowest BCUT2D eigenvalue weighted by molar-refractivity contribution is -0.160. The zero-order chi connectivity index (χ0) is 28.1. The number of aliphatic carboxylic acids is 1. The molecule has 206 valence electrons. The van der Waals surface area contributed by atoms with Crippen molar-refractivity contribution in [1.82, 2.24) is 9.55 Å². The van der Waals surface area contributed by atoms with Crippen molar-refractivity contribution in [3.05, 3.63) is 71.3 Å². The Balaban J connectivity index is 1.73. The minimum absolute atomic E-state index is 0.00160. The summed E-state index contributed by atoms with van der Waals surface area (Å²) in [5, 5.41) is 11.2. The van der Waals surface area contributed by atoms with E-state index >= 15 is 0 Å². The molecule has 0 radical (unpaired) electrons. The summed E-state index contributed by atoms with van der Waals surface area (Å²) in [5.41, 5.74) is 4.08. The molecule has 7 heteroatoms. The number of aromatic nitrogens is 2. The van der Waals surface area contributed by atoms with Gasteiger partial charge in [-0.05, 0) is 94.9 Å². The lowest BCUT2D eigenvalue weighted by Gasteiger charge is -2.30. The summed E-state index contributed by atoms with van der Waals surface area (Å²) >= 11 is 0. The van der Waals surface area contributed by atoms with E-state index in [1.54, 1.807) is 6.08 Å². The van der Waals surface area contributed by atoms with E-state index in [2.05, 4.69) is 17.6 Å². The van der Waals surface area contributed by atoms with Crippen molar-refractivity contribution in [2.45, 2.75) is 72.1 Å². The van der Waals surface area contributed by atoms with Crippen molar-refractivity contribution < 1.29 is 23.8 Å². The normalized spacial score (nSPS) is 20.7. The van der Waals surface area contributed by atoms with Gasteiger partial charge in [-0.25, -0.2) is 14.2 Å². The summed E-state index contributed by atoms with van der Waals surface area (Å²) in [6.45, 7) is 12.3. The average Bonchev–Trinajstić information content (AvgIpc) is 3.28. The van der Waals surface area contributed by atoms with Gasteiger partial charge in [0.15, 0.2) is 6.10 Å². The van der Waals surface area contributed by atoms with Gasteiger partial charge in [-0.15, -0.1) is 0 Å². The van der Waals surface area contributed by atoms with Crippen molar-refractivity contribution in [2.75, 3.05) is 6.61 Å². The quantitative estimate of drug-likeness (QED) is 0.356. The smallest absolute Gasteiger partial charge is 0.337 e. The van der Waals surface area contributed by atoms with Gasteiger partial charge >= 0.3 is 5.97 Å². The van der Waals surface area contributed by atoms with Gasteiger partial charge in [-0.2, -0.15) is 0 Å². The van der Waals surface area contributed by atoms with E-state index in [9.17, 15) is 14.3 Å². The Morgan fingerprint density at radius 1 is 1.28 bits per heavy atom. The summed E-state index contributed by atoms with van der Waals surface area (Å²) in [6, 6.07) is 8.10. The van der Waals surface area contributed by atoms with Crippen LogP contribution >= 0.6 is 0 Å². The first-order valence-corrected chi connectivity index (χ1v) is 13.7. The van der Waals surface area contributed by atoms with Gasteiger partial charge in [0.1, 0.15) is 17.2 Å². The first-order chi connectivity index (χ1) is 18.4. The lowest BCUT2D eigenvalue weighted by Crippen LogP contribution is -2.28. The number of benzene rings is 1. The highest BCUT2D eigenvalue weighted by molar-refractivity contribution is 5.98. The van der Waals surface area contributed by atoms with Gasteiger partial charge in [0.2, 0.25) is 0 Å². The van der Waals surface area contributed by atoms with Crippen LogP contribution in [0.15, 0.2) is 54.5 Å². The molecule has 1 aromatic carbocycles. The van der Waals surface area contributed by atoms with Gasteiger partial charge < -0.3 is 19.1 Å². The van der Waals surface area contributed by atoms with Crippen LogP contribution in [0, 0.1) is 18.8 Å². The number of carboxylic acid groups (broad SMARTS) is 1. The number of rotatable bonds is 6. The number of aryl methyl sites for hydroxylation is 2. The molecule has 5 rings (SSSR count). The fourth-order valence-corrected chi connectivity index (χ4v) is 5.94. The van der Waals surface area contributed by atoms with Gasteiger partial charge in [-0.1, -0.05) is 19.1 Å². The van der Waals surface area contributed by atoms with Crippen molar-refractivity contribution in [1.29, 1.82) is 0 Å². The number of nitrogens with zero attached hydrogens (tertiary/aromatic N) is 2. The van der Waals surface area contributed by atoms with Crippen LogP contribution in [0.1, 0.15) is 70.0 Å². The van der Waals surface area contributed by atoms with Crippen molar-refractivity contribution in [3.8, 4) is 16.9 Å². The largest absolute Gasteiger partial charge is 0.493 e. The number of allylic oxidation sites excluding steroid dienone is 4. The van der Waals surface area contributed by atoms with Crippen LogP contribution in [0.5, 0.6) is 5.75 Å². The Hall–Kier alpha value is -3.45. The molecule has 2 unspecified atom stereocenters. The van der Waals surface area contributed by atoms with E-state index in [0.29, 0.717) is 17.9 Å². The second-order valence-electron chi connectivity index (χ2n) is 11.8. The van der Waals surface area contributed by atoms with Crippen molar-refractivity contribution in [3.63, 3.8) is 0 Å². The second-order valence-corrected chi connectivity index (χ2v) is 11.8. The Kier molecular flexibility index (Phi) is 7.14. The van der Waals surface area contributed by atoms with Gasteiger partial charge in [0.25, 0.3) is 0 Å². The molecular formula is C32H37FN2O4. The molecule has 1 aliphatic carbocycles. The molecule has 39 heavy (non-hydrogen) atoms. The molecule has 0 saturated carbocycles. The van der Waals surface area contributed by atoms with Gasteiger partial charge in [0.05, 0.1) is 12.2 Å². The summed E-state index contributed by atoms with van der Waals surface area (Å²) in [4.78, 5) is 17.6. The topological polar surface area (TPSA) is 73.6 Å². The number of carboxylic acids is 1. The summed E-state index contributed by atoms with van der Waals surface area (Å²) in [5.74, 6) is -0.278. The number of pyridine rings is 1. The summed E-state index contributed by atoms with van der Waals surface area (Å²) in [6.07, 6.45) is 7.78. The third-order valence-corrected chi connectivity index (χ3v) is 7.75. The molecule has 6 nitrogen and oxygen atoms in total. The molecular weight excluding hydrogens is 495 g/mol. The van der Waals surface area contributed by atoms with Gasteiger partial charge in [-0.3, -0.25) is 0 Å². The molecule has 2 aliphatic rings. The fraction of sp³-hybridized carbons (Fsp3) is 0.438. The Morgan fingerprint density at radius 2 is 2.05 bits per heavy atom. The molecule has 3 heterocycles. The van der Waals surface area contributed by atoms with Crippen LogP contribution in [0.4, 0.5) is 4.39 Å². The van der Waals surface area contributed by atoms with Crippen LogP contribution in [-0.4, -0.2) is 32.8 Å². The molecule has 4 atom stereocenters. The molecule has 0 spiro atoms. The Morgan fingerprint density at radius 3 is 2.74 bits per heavy atom. The third-order valence-electron chi connectivity index (χ3n) is 7.75. The number of fused-ring (bicyclic) bond motifs is 2. The van der Waals surface area contributed by atoms with E-state index in [-0.39, 0.29) is 23.7 Å². The number of halogens is 1. The van der Waals surface area contributed by atoms with E-state index in [4.69, 9.17) is 14.5 Å². The number of hydrogen-bond donors (Lipinski definition) is 1. The average molecular weight is 533 g/mol. The maximum Gasteiger partial charge on any atom is 0.337 e. The number of hydrogen-bond acceptors (Lipinski definition) is 4.